The summed E-state index contributed by atoms with van der Waals surface area (Å²) in [5.41, 5.74) is 0.495. The van der Waals surface area contributed by atoms with Gasteiger partial charge in [0, 0.05) is 24.6 Å². The van der Waals surface area contributed by atoms with E-state index >= 15 is 0 Å². The van der Waals surface area contributed by atoms with Crippen LogP contribution in [0.2, 0.25) is 0 Å². The van der Waals surface area contributed by atoms with Gasteiger partial charge in [0.05, 0.1) is 24.2 Å². The van der Waals surface area contributed by atoms with Gasteiger partial charge in [-0.15, -0.1) is 0 Å². The van der Waals surface area contributed by atoms with Gasteiger partial charge in [0.2, 0.25) is 0 Å². The first-order chi connectivity index (χ1) is 11.5. The Balaban J connectivity index is 1.67. The number of rotatable bonds is 3. The number of ether oxygens (including phenoxy) is 1. The molecule has 0 spiro atoms. The largest absolute Gasteiger partial charge is 0.488 e. The minimum absolute atomic E-state index is 0.123. The topological polar surface area (TPSA) is 83.5 Å². The Bertz CT molecular complexity index is 866. The predicted molar refractivity (Wildman–Crippen MR) is 85.8 cm³/mol. The molecule has 0 aliphatic carbocycles. The van der Waals surface area contributed by atoms with Crippen molar-refractivity contribution in [3.8, 4) is 11.8 Å². The molecule has 1 aliphatic rings. The van der Waals surface area contributed by atoms with Crippen LogP contribution in [-0.4, -0.2) is 30.0 Å². The summed E-state index contributed by atoms with van der Waals surface area (Å²) in [5.74, 6) is 0.813. The first kappa shape index (κ1) is 15.8. The molecule has 1 unspecified atom stereocenters. The lowest BCUT2D eigenvalue weighted by Gasteiger charge is -2.17. The van der Waals surface area contributed by atoms with Gasteiger partial charge in [-0.2, -0.15) is 5.26 Å². The van der Waals surface area contributed by atoms with E-state index in [0.29, 0.717) is 42.1 Å². The highest BCUT2D eigenvalue weighted by Gasteiger charge is 2.28. The maximum Gasteiger partial charge on any atom is 0.339 e. The summed E-state index contributed by atoms with van der Waals surface area (Å²) in [7, 11) is 0. The lowest BCUT2D eigenvalue weighted by atomic mass is 10.1. The number of hydrogen-bond acceptors (Lipinski definition) is 5. The highest BCUT2D eigenvalue weighted by Crippen LogP contribution is 2.20. The number of carbonyl (C=O) groups excluding carboxylic acids is 1. The molecular weight excluding hydrogens is 308 g/mol. The molecular formula is C18H16N2O4. The number of aryl methyl sites for hydroxylation is 1. The third kappa shape index (κ3) is 3.46. The van der Waals surface area contributed by atoms with Crippen molar-refractivity contribution >= 4 is 5.91 Å². The van der Waals surface area contributed by atoms with Crippen molar-refractivity contribution in [2.75, 3.05) is 13.1 Å². The highest BCUT2D eigenvalue weighted by atomic mass is 16.5. The molecule has 1 fully saturated rings. The second-order valence-electron chi connectivity index (χ2n) is 5.70. The van der Waals surface area contributed by atoms with E-state index in [1.807, 2.05) is 6.07 Å². The third-order valence-corrected chi connectivity index (χ3v) is 3.84. The second-order valence-corrected chi connectivity index (χ2v) is 5.70. The van der Waals surface area contributed by atoms with Gasteiger partial charge < -0.3 is 14.1 Å². The maximum atomic E-state index is 12.5. The minimum atomic E-state index is -0.454. The normalized spacial score (nSPS) is 16.7. The van der Waals surface area contributed by atoms with Crippen LogP contribution >= 0.6 is 0 Å². The molecule has 3 rings (SSSR count). The van der Waals surface area contributed by atoms with Crippen LogP contribution < -0.4 is 10.4 Å². The molecule has 24 heavy (non-hydrogen) atoms. The molecule has 1 amide bonds. The molecule has 1 atom stereocenters. The Labute approximate surface area is 138 Å². The van der Waals surface area contributed by atoms with Crippen LogP contribution in [0, 0.1) is 18.3 Å². The van der Waals surface area contributed by atoms with Crippen molar-refractivity contribution in [3.63, 3.8) is 0 Å². The van der Waals surface area contributed by atoms with Crippen LogP contribution in [-0.2, 0) is 0 Å². The van der Waals surface area contributed by atoms with Crippen LogP contribution in [0.15, 0.2) is 45.6 Å². The molecule has 0 radical (unpaired) electrons. The third-order valence-electron chi connectivity index (χ3n) is 3.84. The molecule has 2 aromatic rings. The fourth-order valence-electron chi connectivity index (χ4n) is 2.75. The van der Waals surface area contributed by atoms with Gasteiger partial charge in [0.1, 0.15) is 17.6 Å². The smallest absolute Gasteiger partial charge is 0.339 e. The van der Waals surface area contributed by atoms with Gasteiger partial charge in [-0.05, 0) is 25.1 Å². The molecule has 1 aliphatic heterocycles. The average molecular weight is 324 g/mol. The molecule has 1 aromatic carbocycles. The van der Waals surface area contributed by atoms with Crippen molar-refractivity contribution in [1.82, 2.24) is 4.90 Å². The lowest BCUT2D eigenvalue weighted by molar-refractivity contribution is 0.0772. The summed E-state index contributed by atoms with van der Waals surface area (Å²) in [6.45, 7) is 2.69. The number of benzene rings is 1. The SMILES string of the molecule is Cc1cc(OC2CCN(C(=O)c3cccc(C#N)c3)C2)cc(=O)o1. The van der Waals surface area contributed by atoms with E-state index in [4.69, 9.17) is 14.4 Å². The Morgan fingerprint density at radius 2 is 2.21 bits per heavy atom. The van der Waals surface area contributed by atoms with E-state index in [9.17, 15) is 9.59 Å². The summed E-state index contributed by atoms with van der Waals surface area (Å²) < 4.78 is 10.7. The van der Waals surface area contributed by atoms with Gasteiger partial charge in [-0.3, -0.25) is 4.79 Å². The highest BCUT2D eigenvalue weighted by molar-refractivity contribution is 5.94. The Morgan fingerprint density at radius 1 is 1.38 bits per heavy atom. The summed E-state index contributed by atoms with van der Waals surface area (Å²) >= 11 is 0. The summed E-state index contributed by atoms with van der Waals surface area (Å²) in [6, 6.07) is 11.6. The number of likely N-dealkylation sites (tertiary alicyclic amines) is 1. The molecule has 6 heteroatoms. The zero-order valence-electron chi connectivity index (χ0n) is 13.2. The molecule has 122 valence electrons. The molecule has 0 N–H and O–H groups in total. The Hall–Kier alpha value is -3.07. The van der Waals surface area contributed by atoms with E-state index in [1.54, 1.807) is 42.2 Å². The molecule has 0 saturated carbocycles. The number of carbonyl (C=O) groups is 1. The van der Waals surface area contributed by atoms with Crippen molar-refractivity contribution in [2.45, 2.75) is 19.4 Å². The number of nitrogens with zero attached hydrogens (tertiary/aromatic N) is 2. The first-order valence-corrected chi connectivity index (χ1v) is 7.63. The van der Waals surface area contributed by atoms with Crippen LogP contribution in [0.3, 0.4) is 0 Å². The summed E-state index contributed by atoms with van der Waals surface area (Å²) in [4.78, 5) is 25.6. The Morgan fingerprint density at radius 3 is 2.96 bits per heavy atom. The minimum Gasteiger partial charge on any atom is -0.488 e. The average Bonchev–Trinajstić information content (AvgIpc) is 3.01. The maximum absolute atomic E-state index is 12.5. The predicted octanol–water partition coefficient (Wildman–Crippen LogP) is 2.11. The fourth-order valence-corrected chi connectivity index (χ4v) is 2.75. The lowest BCUT2D eigenvalue weighted by Crippen LogP contribution is -2.31. The van der Waals surface area contributed by atoms with E-state index in [-0.39, 0.29) is 12.0 Å². The second kappa shape index (κ2) is 6.59. The van der Waals surface area contributed by atoms with Gasteiger partial charge in [-0.1, -0.05) is 6.07 Å². The molecule has 0 bridgehead atoms. The van der Waals surface area contributed by atoms with Gasteiger partial charge >= 0.3 is 5.63 Å². The first-order valence-electron chi connectivity index (χ1n) is 7.63. The monoisotopic (exact) mass is 324 g/mol. The Kier molecular flexibility index (Phi) is 4.34. The molecule has 1 saturated heterocycles. The van der Waals surface area contributed by atoms with E-state index in [1.165, 1.54) is 6.07 Å². The zero-order valence-corrected chi connectivity index (χ0v) is 13.2. The van der Waals surface area contributed by atoms with Crippen molar-refractivity contribution in [2.24, 2.45) is 0 Å². The van der Waals surface area contributed by atoms with E-state index in [2.05, 4.69) is 0 Å². The summed E-state index contributed by atoms with van der Waals surface area (Å²) in [5, 5.41) is 8.93. The molecule has 2 heterocycles. The number of hydrogen-bond donors (Lipinski definition) is 0. The van der Waals surface area contributed by atoms with Crippen molar-refractivity contribution in [3.05, 3.63) is 63.7 Å². The molecule has 1 aromatic heterocycles. The van der Waals surface area contributed by atoms with Crippen LogP contribution in [0.25, 0.3) is 0 Å². The number of amides is 1. The summed E-state index contributed by atoms with van der Waals surface area (Å²) in [6.07, 6.45) is 0.512. The van der Waals surface area contributed by atoms with Crippen LogP contribution in [0.4, 0.5) is 0 Å². The standard InChI is InChI=1S/C18H16N2O4/c1-12-7-16(9-17(21)23-12)24-15-5-6-20(11-15)18(22)14-4-2-3-13(8-14)10-19/h2-4,7-9,15H,5-6,11H2,1H3. The van der Waals surface area contributed by atoms with Crippen LogP contribution in [0.5, 0.6) is 5.75 Å². The van der Waals surface area contributed by atoms with Crippen LogP contribution in [0.1, 0.15) is 28.1 Å². The molecule has 6 nitrogen and oxygen atoms in total. The van der Waals surface area contributed by atoms with Gasteiger partial charge in [0.15, 0.2) is 0 Å². The van der Waals surface area contributed by atoms with Gasteiger partial charge in [-0.25, -0.2) is 4.79 Å². The van der Waals surface area contributed by atoms with E-state index in [0.717, 1.165) is 0 Å². The quantitative estimate of drug-likeness (QED) is 0.863. The van der Waals surface area contributed by atoms with Crippen molar-refractivity contribution < 1.29 is 13.9 Å². The van der Waals surface area contributed by atoms with Gasteiger partial charge in [0.25, 0.3) is 5.91 Å². The van der Waals surface area contributed by atoms with E-state index < -0.39 is 5.63 Å². The number of nitriles is 1. The zero-order chi connectivity index (χ0) is 17.1. The fraction of sp³-hybridized carbons (Fsp3) is 0.278. The van der Waals surface area contributed by atoms with Crippen molar-refractivity contribution in [1.29, 1.82) is 5.26 Å².